The number of phenolic OH excluding ortho intramolecular Hbond substituents is 1. The van der Waals surface area contributed by atoms with E-state index in [-0.39, 0.29) is 5.75 Å². The van der Waals surface area contributed by atoms with Crippen LogP contribution in [0.15, 0.2) is 30.3 Å². The zero-order chi connectivity index (χ0) is 22.0. The van der Waals surface area contributed by atoms with Gasteiger partial charge in [-0.1, -0.05) is 11.3 Å². The molecule has 2 aromatic heterocycles. The van der Waals surface area contributed by atoms with E-state index >= 15 is 0 Å². The van der Waals surface area contributed by atoms with Gasteiger partial charge in [0.25, 0.3) is 0 Å². The molecule has 2 heterocycles. The lowest BCUT2D eigenvalue weighted by molar-refractivity contribution is 0.198. The molecule has 0 spiro atoms. The second-order valence-electron chi connectivity index (χ2n) is 6.87. The van der Waals surface area contributed by atoms with E-state index in [2.05, 4.69) is 9.72 Å². The van der Waals surface area contributed by atoms with Crippen LogP contribution in [0.4, 0.5) is 5.82 Å². The number of hydrogen-bond acceptors (Lipinski definition) is 8. The molecule has 0 fully saturated rings. The number of aromatic hydroxyl groups is 1. The largest absolute Gasteiger partial charge is 0.502 e. The van der Waals surface area contributed by atoms with Crippen molar-refractivity contribution in [3.05, 3.63) is 30.3 Å². The minimum atomic E-state index is -0.0399. The van der Waals surface area contributed by atoms with Crippen molar-refractivity contribution in [2.45, 2.75) is 6.42 Å². The van der Waals surface area contributed by atoms with Crippen molar-refractivity contribution in [3.63, 3.8) is 0 Å². The van der Waals surface area contributed by atoms with Gasteiger partial charge >= 0.3 is 0 Å². The number of nitrogens with one attached hydrogen (secondary N) is 1. The summed E-state index contributed by atoms with van der Waals surface area (Å²) in [7, 11) is 6.37. The summed E-state index contributed by atoms with van der Waals surface area (Å²) in [6, 6.07) is 9.50. The van der Waals surface area contributed by atoms with E-state index in [1.807, 2.05) is 18.2 Å². The van der Waals surface area contributed by atoms with Gasteiger partial charge in [-0.2, -0.15) is 0 Å². The fraction of sp³-hybridized carbons (Fsp3) is 0.318. The van der Waals surface area contributed by atoms with Gasteiger partial charge in [-0.25, -0.2) is 4.98 Å². The Labute approximate surface area is 184 Å². The molecule has 0 aliphatic rings. The second-order valence-corrected chi connectivity index (χ2v) is 7.87. The molecule has 0 saturated carbocycles. The molecule has 0 unspecified atom stereocenters. The van der Waals surface area contributed by atoms with Crippen molar-refractivity contribution < 1.29 is 24.1 Å². The molecule has 0 aliphatic carbocycles. The number of methoxy groups -OCH3 is 4. The van der Waals surface area contributed by atoms with Crippen LogP contribution < -0.4 is 19.5 Å². The lowest BCUT2D eigenvalue weighted by atomic mass is 10.1. The van der Waals surface area contributed by atoms with Gasteiger partial charge in [0.15, 0.2) is 16.5 Å². The van der Waals surface area contributed by atoms with Gasteiger partial charge in [-0.05, 0) is 36.8 Å². The summed E-state index contributed by atoms with van der Waals surface area (Å²) in [5.41, 5.74) is 2.56. The molecular formula is C22H25N3O5S. The summed E-state index contributed by atoms with van der Waals surface area (Å²) in [5.74, 6) is 2.27. The molecule has 4 rings (SSSR count). The molecule has 2 aromatic carbocycles. The van der Waals surface area contributed by atoms with Crippen molar-refractivity contribution in [2.24, 2.45) is 0 Å². The van der Waals surface area contributed by atoms with Crippen molar-refractivity contribution in [1.82, 2.24) is 9.38 Å². The average Bonchev–Trinajstić information content (AvgIpc) is 3.32. The van der Waals surface area contributed by atoms with Crippen molar-refractivity contribution in [2.75, 3.05) is 46.9 Å². The Morgan fingerprint density at radius 1 is 1.03 bits per heavy atom. The first-order chi connectivity index (χ1) is 15.1. The third kappa shape index (κ3) is 3.82. The lowest BCUT2D eigenvalue weighted by Crippen LogP contribution is -2.07. The number of benzene rings is 2. The van der Waals surface area contributed by atoms with E-state index in [4.69, 9.17) is 23.9 Å². The van der Waals surface area contributed by atoms with Crippen molar-refractivity contribution >= 4 is 32.3 Å². The molecular weight excluding hydrogens is 418 g/mol. The van der Waals surface area contributed by atoms with Gasteiger partial charge in [0, 0.05) is 25.8 Å². The number of ether oxygens (including phenoxy) is 4. The summed E-state index contributed by atoms with van der Waals surface area (Å²) < 4.78 is 24.4. The van der Waals surface area contributed by atoms with Crippen molar-refractivity contribution in [3.8, 4) is 34.3 Å². The highest BCUT2D eigenvalue weighted by atomic mass is 32.1. The Bertz CT molecular complexity index is 1190. The smallest absolute Gasteiger partial charge is 0.200 e. The van der Waals surface area contributed by atoms with E-state index in [9.17, 15) is 5.11 Å². The standard InChI is InChI=1S/C22H25N3O5S/c1-27-9-5-8-23-21-19(13-10-16(29-3)20(26)17(11-13)30-4)24-22-25(21)15-7-6-14(28-2)12-18(15)31-22/h6-7,10-12,23,26H,5,8-9H2,1-4H3. The fourth-order valence-corrected chi connectivity index (χ4v) is 4.55. The number of phenols is 1. The van der Waals surface area contributed by atoms with Crippen LogP contribution >= 0.6 is 11.3 Å². The van der Waals surface area contributed by atoms with Gasteiger partial charge in [0.1, 0.15) is 17.3 Å². The molecule has 4 aromatic rings. The molecule has 8 nitrogen and oxygen atoms in total. The van der Waals surface area contributed by atoms with E-state index in [1.165, 1.54) is 14.2 Å². The van der Waals surface area contributed by atoms with Crippen LogP contribution in [0.1, 0.15) is 6.42 Å². The first-order valence-corrected chi connectivity index (χ1v) is 10.6. The number of imidazole rings is 1. The fourth-order valence-electron chi connectivity index (χ4n) is 3.50. The highest BCUT2D eigenvalue weighted by Gasteiger charge is 2.21. The van der Waals surface area contributed by atoms with Gasteiger partial charge in [0.2, 0.25) is 5.75 Å². The molecule has 0 bridgehead atoms. The Morgan fingerprint density at radius 2 is 1.77 bits per heavy atom. The van der Waals surface area contributed by atoms with Gasteiger partial charge in [-0.3, -0.25) is 4.40 Å². The van der Waals surface area contributed by atoms with Gasteiger partial charge in [-0.15, -0.1) is 0 Å². The number of thiazole rings is 1. The average molecular weight is 444 g/mol. The number of hydrogen-bond donors (Lipinski definition) is 2. The summed E-state index contributed by atoms with van der Waals surface area (Å²) in [6.07, 6.45) is 0.848. The Morgan fingerprint density at radius 3 is 2.42 bits per heavy atom. The molecule has 0 radical (unpaired) electrons. The summed E-state index contributed by atoms with van der Waals surface area (Å²) >= 11 is 1.58. The van der Waals surface area contributed by atoms with E-state index in [0.29, 0.717) is 24.7 Å². The van der Waals surface area contributed by atoms with Crippen LogP contribution in [0.25, 0.3) is 26.4 Å². The number of aromatic nitrogens is 2. The topological polar surface area (TPSA) is 86.5 Å². The zero-order valence-electron chi connectivity index (χ0n) is 17.9. The molecule has 31 heavy (non-hydrogen) atoms. The van der Waals surface area contributed by atoms with Crippen LogP contribution in [-0.4, -0.2) is 56.1 Å². The van der Waals surface area contributed by atoms with E-state index in [1.54, 1.807) is 37.7 Å². The number of nitrogens with zero attached hydrogens (tertiary/aromatic N) is 2. The predicted octanol–water partition coefficient (Wildman–Crippen LogP) is 4.40. The SMILES string of the molecule is COCCCNc1c(-c2cc(OC)c(O)c(OC)c2)nc2sc3cc(OC)ccc3n12. The third-order valence-corrected chi connectivity index (χ3v) is 6.03. The minimum absolute atomic E-state index is 0.0399. The Kier molecular flexibility index (Phi) is 6.06. The monoisotopic (exact) mass is 443 g/mol. The Balaban J connectivity index is 1.90. The molecule has 0 atom stereocenters. The normalized spacial score (nSPS) is 11.2. The van der Waals surface area contributed by atoms with E-state index < -0.39 is 0 Å². The highest BCUT2D eigenvalue weighted by molar-refractivity contribution is 7.23. The first-order valence-electron chi connectivity index (χ1n) is 9.78. The molecule has 9 heteroatoms. The number of fused-ring (bicyclic) bond motifs is 3. The van der Waals surface area contributed by atoms with Gasteiger partial charge < -0.3 is 29.4 Å². The molecule has 0 amide bonds. The lowest BCUT2D eigenvalue weighted by Gasteiger charge is -2.12. The van der Waals surface area contributed by atoms with Crippen LogP contribution in [0.5, 0.6) is 23.0 Å². The third-order valence-electron chi connectivity index (χ3n) is 5.03. The summed E-state index contributed by atoms with van der Waals surface area (Å²) in [6.45, 7) is 1.38. The predicted molar refractivity (Wildman–Crippen MR) is 122 cm³/mol. The molecule has 0 aliphatic heterocycles. The number of anilines is 1. The molecule has 0 saturated heterocycles. The molecule has 2 N–H and O–H groups in total. The van der Waals surface area contributed by atoms with E-state index in [0.717, 1.165) is 44.4 Å². The molecule has 164 valence electrons. The first kappa shape index (κ1) is 21.1. The maximum absolute atomic E-state index is 10.3. The highest BCUT2D eigenvalue weighted by Crippen LogP contribution is 2.43. The number of rotatable bonds is 9. The maximum Gasteiger partial charge on any atom is 0.200 e. The quantitative estimate of drug-likeness (QED) is 0.371. The van der Waals surface area contributed by atoms with Crippen LogP contribution in [0, 0.1) is 0 Å². The maximum atomic E-state index is 10.3. The van der Waals surface area contributed by atoms with Crippen LogP contribution in [0.3, 0.4) is 0 Å². The van der Waals surface area contributed by atoms with Crippen LogP contribution in [0.2, 0.25) is 0 Å². The van der Waals surface area contributed by atoms with Crippen molar-refractivity contribution in [1.29, 1.82) is 0 Å². The Hall–Kier alpha value is -3.17. The summed E-state index contributed by atoms with van der Waals surface area (Å²) in [4.78, 5) is 5.76. The second kappa shape index (κ2) is 8.91. The minimum Gasteiger partial charge on any atom is -0.502 e. The summed E-state index contributed by atoms with van der Waals surface area (Å²) in [5, 5.41) is 13.8. The van der Waals surface area contributed by atoms with Crippen LogP contribution in [-0.2, 0) is 4.74 Å². The van der Waals surface area contributed by atoms with Gasteiger partial charge in [0.05, 0.1) is 31.5 Å². The zero-order valence-corrected chi connectivity index (χ0v) is 18.7.